The molecule has 0 aromatic carbocycles. The van der Waals surface area contributed by atoms with Crippen molar-refractivity contribution in [2.75, 3.05) is 14.2 Å². The van der Waals surface area contributed by atoms with Crippen molar-refractivity contribution in [2.24, 2.45) is 0 Å². The van der Waals surface area contributed by atoms with Crippen LogP contribution >= 0.6 is 0 Å². The van der Waals surface area contributed by atoms with E-state index in [1.54, 1.807) is 0 Å². The first-order valence-electron chi connectivity index (χ1n) is 2.14. The van der Waals surface area contributed by atoms with Crippen LogP contribution < -0.4 is 0 Å². The third kappa shape index (κ3) is 2.23. The van der Waals surface area contributed by atoms with Crippen molar-refractivity contribution in [3.63, 3.8) is 0 Å². The molecule has 0 saturated heterocycles. The molecule has 0 heterocycles. The minimum absolute atomic E-state index is 1.25. The molecule has 0 radical (unpaired) electrons. The van der Waals surface area contributed by atoms with Gasteiger partial charge in [0.2, 0.25) is 12.6 Å². The van der Waals surface area contributed by atoms with Crippen molar-refractivity contribution >= 4 is 0 Å². The molecular formula is C4H10O4. The Hall–Kier alpha value is -0.160. The maximum absolute atomic E-state index is 8.53. The Morgan fingerprint density at radius 1 is 1.00 bits per heavy atom. The number of rotatable bonds is 3. The number of aliphatic hydroxyl groups is 2. The van der Waals surface area contributed by atoms with Crippen molar-refractivity contribution in [3.8, 4) is 0 Å². The van der Waals surface area contributed by atoms with Gasteiger partial charge in [0, 0.05) is 14.2 Å². The third-order valence-electron chi connectivity index (χ3n) is 0.727. The van der Waals surface area contributed by atoms with Crippen LogP contribution in [0.4, 0.5) is 0 Å². The normalized spacial score (nSPS) is 18.0. The van der Waals surface area contributed by atoms with Crippen LogP contribution in [0.1, 0.15) is 0 Å². The number of ether oxygens (including phenoxy) is 2. The molecule has 2 atom stereocenters. The fourth-order valence-electron chi connectivity index (χ4n) is 0.233. The van der Waals surface area contributed by atoms with Gasteiger partial charge in [-0.1, -0.05) is 0 Å². The van der Waals surface area contributed by atoms with Gasteiger partial charge >= 0.3 is 0 Å². The maximum atomic E-state index is 8.53. The van der Waals surface area contributed by atoms with E-state index in [0.29, 0.717) is 0 Å². The molecule has 2 unspecified atom stereocenters. The van der Waals surface area contributed by atoms with Crippen LogP contribution in [0.25, 0.3) is 0 Å². The lowest BCUT2D eigenvalue weighted by molar-refractivity contribution is -0.232. The highest BCUT2D eigenvalue weighted by atomic mass is 16.7. The molecule has 8 heavy (non-hydrogen) atoms. The van der Waals surface area contributed by atoms with Crippen LogP contribution in [-0.4, -0.2) is 37.0 Å². The van der Waals surface area contributed by atoms with E-state index in [0.717, 1.165) is 0 Å². The van der Waals surface area contributed by atoms with Gasteiger partial charge in [0.25, 0.3) is 0 Å². The van der Waals surface area contributed by atoms with Gasteiger partial charge in [0.1, 0.15) is 0 Å². The Labute approximate surface area is 47.6 Å². The second-order valence-electron chi connectivity index (χ2n) is 1.25. The van der Waals surface area contributed by atoms with Crippen molar-refractivity contribution in [2.45, 2.75) is 12.6 Å². The van der Waals surface area contributed by atoms with Gasteiger partial charge in [0.05, 0.1) is 0 Å². The topological polar surface area (TPSA) is 58.9 Å². The molecule has 0 aliphatic heterocycles. The molecule has 0 rings (SSSR count). The van der Waals surface area contributed by atoms with Crippen LogP contribution in [0.15, 0.2) is 0 Å². The fourth-order valence-corrected chi connectivity index (χ4v) is 0.233. The molecule has 4 nitrogen and oxygen atoms in total. The summed E-state index contributed by atoms with van der Waals surface area (Å²) in [5, 5.41) is 17.1. The second kappa shape index (κ2) is 3.80. The van der Waals surface area contributed by atoms with Gasteiger partial charge in [-0.05, 0) is 0 Å². The molecule has 0 amide bonds. The molecule has 0 aliphatic carbocycles. The van der Waals surface area contributed by atoms with E-state index >= 15 is 0 Å². The molecular weight excluding hydrogens is 112 g/mol. The van der Waals surface area contributed by atoms with Crippen molar-refractivity contribution < 1.29 is 19.7 Å². The zero-order chi connectivity index (χ0) is 6.57. The summed E-state index contributed by atoms with van der Waals surface area (Å²) in [6, 6.07) is 0. The van der Waals surface area contributed by atoms with Crippen molar-refractivity contribution in [1.82, 2.24) is 0 Å². The molecule has 0 spiro atoms. The lowest BCUT2D eigenvalue weighted by Crippen LogP contribution is -2.28. The van der Waals surface area contributed by atoms with Crippen LogP contribution in [0.5, 0.6) is 0 Å². The first kappa shape index (κ1) is 7.84. The van der Waals surface area contributed by atoms with Gasteiger partial charge in [-0.15, -0.1) is 0 Å². The molecule has 0 aromatic rings. The first-order valence-corrected chi connectivity index (χ1v) is 2.14. The first-order chi connectivity index (χ1) is 3.72. The molecule has 50 valence electrons. The van der Waals surface area contributed by atoms with Crippen LogP contribution in [0.2, 0.25) is 0 Å². The van der Waals surface area contributed by atoms with E-state index in [-0.39, 0.29) is 0 Å². The number of hydrogen-bond acceptors (Lipinski definition) is 4. The van der Waals surface area contributed by atoms with E-state index < -0.39 is 12.6 Å². The predicted octanol–water partition coefficient (Wildman–Crippen LogP) is -1.08. The van der Waals surface area contributed by atoms with Gasteiger partial charge < -0.3 is 19.7 Å². The van der Waals surface area contributed by atoms with Gasteiger partial charge in [-0.25, -0.2) is 0 Å². The average molecular weight is 122 g/mol. The Bertz CT molecular complexity index is 48.0. The molecule has 0 saturated carbocycles. The van der Waals surface area contributed by atoms with Crippen LogP contribution in [-0.2, 0) is 9.47 Å². The number of hydrogen-bond donors (Lipinski definition) is 2. The molecule has 4 heteroatoms. The summed E-state index contributed by atoms with van der Waals surface area (Å²) < 4.78 is 8.57. The third-order valence-corrected chi connectivity index (χ3v) is 0.727. The van der Waals surface area contributed by atoms with E-state index in [2.05, 4.69) is 9.47 Å². The zero-order valence-corrected chi connectivity index (χ0v) is 4.87. The van der Waals surface area contributed by atoms with Gasteiger partial charge in [-0.3, -0.25) is 0 Å². The summed E-state index contributed by atoms with van der Waals surface area (Å²) in [6.45, 7) is 0. The Balaban J connectivity index is 3.29. The maximum Gasteiger partial charge on any atom is 0.206 e. The Kier molecular flexibility index (Phi) is 3.72. The monoisotopic (exact) mass is 122 g/mol. The van der Waals surface area contributed by atoms with Crippen LogP contribution in [0, 0.1) is 0 Å². The molecule has 2 N–H and O–H groups in total. The minimum atomic E-state index is -1.25. The number of methoxy groups -OCH3 is 2. The smallest absolute Gasteiger partial charge is 0.206 e. The number of aliphatic hydroxyl groups excluding tert-OH is 2. The lowest BCUT2D eigenvalue weighted by Gasteiger charge is -2.12. The molecule has 0 aromatic heterocycles. The summed E-state index contributed by atoms with van der Waals surface area (Å²) in [5.74, 6) is 0. The molecule has 0 bridgehead atoms. The van der Waals surface area contributed by atoms with Gasteiger partial charge in [-0.2, -0.15) is 0 Å². The predicted molar refractivity (Wildman–Crippen MR) is 26.0 cm³/mol. The largest absolute Gasteiger partial charge is 0.364 e. The summed E-state index contributed by atoms with van der Waals surface area (Å²) in [7, 11) is 2.54. The molecule has 0 aliphatic rings. The van der Waals surface area contributed by atoms with E-state index in [1.165, 1.54) is 14.2 Å². The van der Waals surface area contributed by atoms with Crippen molar-refractivity contribution in [3.05, 3.63) is 0 Å². The van der Waals surface area contributed by atoms with Gasteiger partial charge in [0.15, 0.2) is 0 Å². The lowest BCUT2D eigenvalue weighted by atomic mass is 10.6. The highest BCUT2D eigenvalue weighted by Crippen LogP contribution is 1.92. The standard InChI is InChI=1S/C4H10O4/c1-7-3(5)4(6)8-2/h3-6H,1-2H3. The quantitative estimate of drug-likeness (QED) is 0.467. The summed E-state index contributed by atoms with van der Waals surface area (Å²) in [5.41, 5.74) is 0. The summed E-state index contributed by atoms with van der Waals surface area (Å²) in [4.78, 5) is 0. The summed E-state index contributed by atoms with van der Waals surface area (Å²) in [6.07, 6.45) is -2.50. The summed E-state index contributed by atoms with van der Waals surface area (Å²) >= 11 is 0. The average Bonchev–Trinajstić information content (AvgIpc) is 1.84. The van der Waals surface area contributed by atoms with E-state index in [4.69, 9.17) is 10.2 Å². The highest BCUT2D eigenvalue weighted by Gasteiger charge is 2.12. The highest BCUT2D eigenvalue weighted by molar-refractivity contribution is 4.39. The van der Waals surface area contributed by atoms with Crippen LogP contribution in [0.3, 0.4) is 0 Å². The van der Waals surface area contributed by atoms with E-state index in [9.17, 15) is 0 Å². The zero-order valence-electron chi connectivity index (χ0n) is 4.87. The second-order valence-corrected chi connectivity index (χ2v) is 1.25. The SMILES string of the molecule is COC(O)C(O)OC. The fraction of sp³-hybridized carbons (Fsp3) is 1.00. The molecule has 0 fully saturated rings. The minimum Gasteiger partial charge on any atom is -0.364 e. The van der Waals surface area contributed by atoms with E-state index in [1.807, 2.05) is 0 Å². The van der Waals surface area contributed by atoms with Crippen molar-refractivity contribution in [1.29, 1.82) is 0 Å². The Morgan fingerprint density at radius 2 is 1.25 bits per heavy atom. The Morgan fingerprint density at radius 3 is 1.38 bits per heavy atom.